The van der Waals surface area contributed by atoms with Crippen molar-refractivity contribution in [3.05, 3.63) is 36.9 Å². The number of anilines is 1. The van der Waals surface area contributed by atoms with E-state index in [1.54, 1.807) is 6.92 Å². The van der Waals surface area contributed by atoms with Crippen LogP contribution in [-0.2, 0) is 19.6 Å². The van der Waals surface area contributed by atoms with E-state index in [4.69, 9.17) is 5.11 Å². The molecule has 0 heterocycles. The molecule has 0 saturated heterocycles. The van der Waals surface area contributed by atoms with E-state index in [1.165, 1.54) is 37.4 Å². The van der Waals surface area contributed by atoms with Gasteiger partial charge in [0.2, 0.25) is 10.0 Å². The molecule has 24 heavy (non-hydrogen) atoms. The third-order valence-electron chi connectivity index (χ3n) is 3.06. The zero-order valence-corrected chi connectivity index (χ0v) is 14.3. The third kappa shape index (κ3) is 5.15. The van der Waals surface area contributed by atoms with E-state index in [9.17, 15) is 18.0 Å². The van der Waals surface area contributed by atoms with Gasteiger partial charge in [-0.2, -0.15) is 4.31 Å². The Morgan fingerprint density at radius 3 is 2.38 bits per heavy atom. The quantitative estimate of drug-likeness (QED) is 0.468. The van der Waals surface area contributed by atoms with Crippen LogP contribution in [-0.4, -0.2) is 55.9 Å². The fourth-order valence-corrected chi connectivity index (χ4v) is 2.83. The first-order valence-electron chi connectivity index (χ1n) is 7.12. The summed E-state index contributed by atoms with van der Waals surface area (Å²) in [5, 5.41) is 13.5. The second-order valence-electron chi connectivity index (χ2n) is 5.11. The van der Waals surface area contributed by atoms with Gasteiger partial charge >= 0.3 is 11.8 Å². The maximum Gasteiger partial charge on any atom is 0.313 e. The first kappa shape index (κ1) is 19.8. The molecule has 0 radical (unpaired) electrons. The topological polar surface area (TPSA) is 116 Å². The summed E-state index contributed by atoms with van der Waals surface area (Å²) in [6.07, 6.45) is 1.47. The highest BCUT2D eigenvalue weighted by molar-refractivity contribution is 7.89. The molecular formula is C15H21N3O5S. The van der Waals surface area contributed by atoms with Gasteiger partial charge < -0.3 is 15.7 Å². The Balaban J connectivity index is 2.80. The van der Waals surface area contributed by atoms with Crippen LogP contribution in [0.1, 0.15) is 6.92 Å². The molecule has 1 unspecified atom stereocenters. The molecule has 0 bridgehead atoms. The lowest BCUT2D eigenvalue weighted by Gasteiger charge is -2.15. The van der Waals surface area contributed by atoms with Crippen LogP contribution >= 0.6 is 0 Å². The van der Waals surface area contributed by atoms with Gasteiger partial charge in [0.1, 0.15) is 0 Å². The number of nitrogens with one attached hydrogen (secondary N) is 2. The summed E-state index contributed by atoms with van der Waals surface area (Å²) >= 11 is 0. The number of amides is 2. The van der Waals surface area contributed by atoms with Crippen molar-refractivity contribution in [3.63, 3.8) is 0 Å². The average molecular weight is 355 g/mol. The van der Waals surface area contributed by atoms with Gasteiger partial charge in [-0.05, 0) is 31.2 Å². The van der Waals surface area contributed by atoms with Crippen LogP contribution in [0, 0.1) is 0 Å². The molecule has 1 atom stereocenters. The molecule has 0 fully saturated rings. The van der Waals surface area contributed by atoms with Crippen LogP contribution in [0.25, 0.3) is 0 Å². The summed E-state index contributed by atoms with van der Waals surface area (Å²) in [5.74, 6) is -1.80. The average Bonchev–Trinajstić information content (AvgIpc) is 2.55. The molecule has 0 spiro atoms. The maximum atomic E-state index is 12.2. The summed E-state index contributed by atoms with van der Waals surface area (Å²) in [6, 6.07) is 4.89. The molecule has 0 aromatic heterocycles. The number of likely N-dealkylation sites (N-methyl/N-ethyl adjacent to an activating group) is 1. The molecule has 0 aliphatic heterocycles. The molecule has 8 nitrogen and oxygen atoms in total. The number of sulfonamides is 1. The van der Waals surface area contributed by atoms with Crippen molar-refractivity contribution in [3.8, 4) is 0 Å². The van der Waals surface area contributed by atoms with E-state index in [0.717, 1.165) is 4.31 Å². The minimum atomic E-state index is -3.64. The van der Waals surface area contributed by atoms with E-state index in [2.05, 4.69) is 17.2 Å². The third-order valence-corrected chi connectivity index (χ3v) is 4.90. The number of rotatable bonds is 7. The number of aliphatic hydroxyl groups is 1. The second kappa shape index (κ2) is 8.57. The number of carbonyl (C=O) groups excluding carboxylic acids is 2. The summed E-state index contributed by atoms with van der Waals surface area (Å²) in [7, 11) is -2.21. The standard InChI is InChI=1S/C15H21N3O5S/c1-4-9-18(3)24(22,23)13-7-5-12(6-8-13)17-15(21)14(20)16-11(2)10-19/h4-8,11,19H,1,9-10H2,2-3H3,(H,16,20)(H,17,21). The Labute approximate surface area is 141 Å². The number of benzene rings is 1. The minimum absolute atomic E-state index is 0.0585. The van der Waals surface area contributed by atoms with Gasteiger partial charge in [-0.1, -0.05) is 6.08 Å². The van der Waals surface area contributed by atoms with Crippen LogP contribution in [0.4, 0.5) is 5.69 Å². The lowest BCUT2D eigenvalue weighted by Crippen LogP contribution is -2.42. The molecule has 132 valence electrons. The van der Waals surface area contributed by atoms with E-state index in [0.29, 0.717) is 0 Å². The predicted molar refractivity (Wildman–Crippen MR) is 89.8 cm³/mol. The number of hydrogen-bond donors (Lipinski definition) is 3. The van der Waals surface area contributed by atoms with Crippen LogP contribution in [0.3, 0.4) is 0 Å². The zero-order valence-electron chi connectivity index (χ0n) is 13.5. The van der Waals surface area contributed by atoms with Crippen molar-refractivity contribution in [1.82, 2.24) is 9.62 Å². The van der Waals surface area contributed by atoms with Gasteiger partial charge in [0.25, 0.3) is 0 Å². The van der Waals surface area contributed by atoms with Gasteiger partial charge in [-0.3, -0.25) is 9.59 Å². The lowest BCUT2D eigenvalue weighted by molar-refractivity contribution is -0.136. The molecule has 9 heteroatoms. The van der Waals surface area contributed by atoms with Crippen molar-refractivity contribution in [2.75, 3.05) is 25.5 Å². The Kier molecular flexibility index (Phi) is 7.08. The van der Waals surface area contributed by atoms with Crippen LogP contribution < -0.4 is 10.6 Å². The van der Waals surface area contributed by atoms with Gasteiger partial charge in [0.15, 0.2) is 0 Å². The van der Waals surface area contributed by atoms with E-state index in [-0.39, 0.29) is 23.7 Å². The summed E-state index contributed by atoms with van der Waals surface area (Å²) < 4.78 is 25.6. The highest BCUT2D eigenvalue weighted by Gasteiger charge is 2.20. The largest absolute Gasteiger partial charge is 0.394 e. The molecule has 1 aromatic rings. The smallest absolute Gasteiger partial charge is 0.313 e. The normalized spacial score (nSPS) is 12.5. The lowest BCUT2D eigenvalue weighted by atomic mass is 10.3. The Morgan fingerprint density at radius 2 is 1.88 bits per heavy atom. The summed E-state index contributed by atoms with van der Waals surface area (Å²) in [6.45, 7) is 4.92. The number of hydrogen-bond acceptors (Lipinski definition) is 5. The number of carbonyl (C=O) groups is 2. The fourth-order valence-electron chi connectivity index (χ4n) is 1.69. The number of nitrogens with zero attached hydrogens (tertiary/aromatic N) is 1. The first-order chi connectivity index (χ1) is 11.2. The summed E-state index contributed by atoms with van der Waals surface area (Å²) in [4.78, 5) is 23.3. The molecule has 3 N–H and O–H groups in total. The molecule has 1 rings (SSSR count). The van der Waals surface area contributed by atoms with Crippen molar-refractivity contribution in [2.45, 2.75) is 17.9 Å². The first-order valence-corrected chi connectivity index (χ1v) is 8.56. The number of aliphatic hydroxyl groups excluding tert-OH is 1. The van der Waals surface area contributed by atoms with Gasteiger partial charge in [-0.25, -0.2) is 8.42 Å². The second-order valence-corrected chi connectivity index (χ2v) is 7.15. The van der Waals surface area contributed by atoms with E-state index in [1.807, 2.05) is 0 Å². The molecule has 0 aliphatic rings. The highest BCUT2D eigenvalue weighted by Crippen LogP contribution is 2.17. The molecule has 1 aromatic carbocycles. The monoisotopic (exact) mass is 355 g/mol. The Hall–Kier alpha value is -2.23. The van der Waals surface area contributed by atoms with Crippen molar-refractivity contribution < 1.29 is 23.1 Å². The fraction of sp³-hybridized carbons (Fsp3) is 0.333. The van der Waals surface area contributed by atoms with Crippen molar-refractivity contribution in [2.24, 2.45) is 0 Å². The highest BCUT2D eigenvalue weighted by atomic mass is 32.2. The molecule has 0 saturated carbocycles. The van der Waals surface area contributed by atoms with Gasteiger partial charge in [-0.15, -0.1) is 6.58 Å². The molecule has 2 amide bonds. The zero-order chi connectivity index (χ0) is 18.3. The molecule has 0 aliphatic carbocycles. The van der Waals surface area contributed by atoms with E-state index < -0.39 is 27.9 Å². The van der Waals surface area contributed by atoms with Crippen LogP contribution in [0.15, 0.2) is 41.8 Å². The minimum Gasteiger partial charge on any atom is -0.394 e. The maximum absolute atomic E-state index is 12.2. The van der Waals surface area contributed by atoms with Gasteiger partial charge in [0, 0.05) is 25.3 Å². The Morgan fingerprint density at radius 1 is 1.29 bits per heavy atom. The predicted octanol–water partition coefficient (Wildman–Crippen LogP) is -0.0714. The van der Waals surface area contributed by atoms with Crippen LogP contribution in [0.2, 0.25) is 0 Å². The summed E-state index contributed by atoms with van der Waals surface area (Å²) in [5.41, 5.74) is 0.275. The van der Waals surface area contributed by atoms with Crippen molar-refractivity contribution in [1.29, 1.82) is 0 Å². The molecular weight excluding hydrogens is 334 g/mol. The van der Waals surface area contributed by atoms with E-state index >= 15 is 0 Å². The Bertz CT molecular complexity index is 700. The van der Waals surface area contributed by atoms with Crippen molar-refractivity contribution >= 4 is 27.5 Å². The SMILES string of the molecule is C=CCN(C)S(=O)(=O)c1ccc(NC(=O)C(=O)NC(C)CO)cc1. The van der Waals surface area contributed by atoms with Crippen LogP contribution in [0.5, 0.6) is 0 Å². The van der Waals surface area contributed by atoms with Gasteiger partial charge in [0.05, 0.1) is 11.5 Å².